The van der Waals surface area contributed by atoms with E-state index in [1.54, 1.807) is 12.1 Å². The van der Waals surface area contributed by atoms with Crippen molar-refractivity contribution >= 4 is 0 Å². The Kier molecular flexibility index (Phi) is 2.24. The molecule has 2 fully saturated rings. The molecule has 3 nitrogen and oxygen atoms in total. The van der Waals surface area contributed by atoms with Gasteiger partial charge < -0.3 is 9.57 Å². The molecular weight excluding hydrogens is 209 g/mol. The number of benzene rings is 1. The molecular formula is C12H14FNO2. The van der Waals surface area contributed by atoms with Gasteiger partial charge in [0.2, 0.25) is 0 Å². The van der Waals surface area contributed by atoms with Gasteiger partial charge in [-0.15, -0.1) is 0 Å². The minimum Gasteiger partial charge on any atom is -0.376 e. The Morgan fingerprint density at radius 3 is 3.06 bits per heavy atom. The van der Waals surface area contributed by atoms with E-state index in [4.69, 9.17) is 9.57 Å². The van der Waals surface area contributed by atoms with Crippen LogP contribution in [-0.2, 0) is 15.1 Å². The molecule has 4 heteroatoms. The molecule has 1 N–H and O–H groups in total. The van der Waals surface area contributed by atoms with Gasteiger partial charge in [-0.2, -0.15) is 5.48 Å². The number of halogens is 1. The van der Waals surface area contributed by atoms with E-state index < -0.39 is 5.54 Å². The van der Waals surface area contributed by atoms with Crippen molar-refractivity contribution in [1.82, 2.24) is 5.48 Å². The van der Waals surface area contributed by atoms with Gasteiger partial charge in [0.25, 0.3) is 0 Å². The normalized spacial score (nSPS) is 37.6. The van der Waals surface area contributed by atoms with Crippen LogP contribution in [0.3, 0.4) is 0 Å². The first-order valence-corrected chi connectivity index (χ1v) is 5.49. The van der Waals surface area contributed by atoms with Gasteiger partial charge in [-0.1, -0.05) is 18.2 Å². The zero-order chi connectivity index (χ0) is 11.2. The zero-order valence-electron chi connectivity index (χ0n) is 9.07. The number of hydrogen-bond donors (Lipinski definition) is 1. The fraction of sp³-hybridized carbons (Fsp3) is 0.500. The summed E-state index contributed by atoms with van der Waals surface area (Å²) in [6, 6.07) is 6.81. The van der Waals surface area contributed by atoms with E-state index in [9.17, 15) is 4.39 Å². The smallest absolute Gasteiger partial charge is 0.128 e. The van der Waals surface area contributed by atoms with E-state index in [-0.39, 0.29) is 17.8 Å². The number of nitrogens with one attached hydrogen (secondary N) is 1. The highest BCUT2D eigenvalue weighted by Crippen LogP contribution is 2.43. The monoisotopic (exact) mass is 223 g/mol. The third-order valence-electron chi connectivity index (χ3n) is 3.65. The van der Waals surface area contributed by atoms with Crippen molar-refractivity contribution in [2.24, 2.45) is 5.92 Å². The Morgan fingerprint density at radius 1 is 1.44 bits per heavy atom. The standard InChI is InChI=1S/C12H14FNO2/c1-8-10-6-16-14-12(10,7-15-8)9-4-2-3-5-11(9)13/h2-5,8,10,14H,6-7H2,1H3/t8-,10-,12?/m1/s1. The van der Waals surface area contributed by atoms with Gasteiger partial charge >= 0.3 is 0 Å². The van der Waals surface area contributed by atoms with Crippen LogP contribution in [0.5, 0.6) is 0 Å². The zero-order valence-corrected chi connectivity index (χ0v) is 9.07. The molecule has 0 bridgehead atoms. The summed E-state index contributed by atoms with van der Waals surface area (Å²) in [5, 5.41) is 0. The van der Waals surface area contributed by atoms with Gasteiger partial charge in [0.05, 0.1) is 19.3 Å². The summed E-state index contributed by atoms with van der Waals surface area (Å²) < 4.78 is 19.5. The Balaban J connectivity index is 2.08. The Morgan fingerprint density at radius 2 is 2.25 bits per heavy atom. The Bertz CT molecular complexity index is 412. The van der Waals surface area contributed by atoms with Crippen LogP contribution in [0.15, 0.2) is 24.3 Å². The van der Waals surface area contributed by atoms with Gasteiger partial charge in [-0.05, 0) is 13.0 Å². The molecule has 0 amide bonds. The van der Waals surface area contributed by atoms with Crippen molar-refractivity contribution in [2.75, 3.05) is 13.2 Å². The van der Waals surface area contributed by atoms with Crippen LogP contribution in [0, 0.1) is 11.7 Å². The van der Waals surface area contributed by atoms with Crippen LogP contribution in [0.2, 0.25) is 0 Å². The van der Waals surface area contributed by atoms with Crippen LogP contribution in [0.25, 0.3) is 0 Å². The first-order chi connectivity index (χ1) is 7.74. The van der Waals surface area contributed by atoms with Crippen molar-refractivity contribution in [3.8, 4) is 0 Å². The lowest BCUT2D eigenvalue weighted by Crippen LogP contribution is -2.43. The fourth-order valence-electron chi connectivity index (χ4n) is 2.69. The fourth-order valence-corrected chi connectivity index (χ4v) is 2.69. The highest BCUT2D eigenvalue weighted by atomic mass is 19.1. The van der Waals surface area contributed by atoms with Gasteiger partial charge in [0, 0.05) is 11.5 Å². The highest BCUT2D eigenvalue weighted by Gasteiger charge is 2.54. The maximum Gasteiger partial charge on any atom is 0.128 e. The summed E-state index contributed by atoms with van der Waals surface area (Å²) in [6.45, 7) is 3.03. The SMILES string of the molecule is C[C@H]1OCC2(c3ccccc3F)NOC[C@H]12. The van der Waals surface area contributed by atoms with Crippen LogP contribution in [-0.4, -0.2) is 19.3 Å². The second kappa shape index (κ2) is 3.52. The molecule has 0 saturated carbocycles. The molecule has 0 aromatic heterocycles. The maximum atomic E-state index is 13.9. The molecule has 2 saturated heterocycles. The number of rotatable bonds is 1. The van der Waals surface area contributed by atoms with Crippen molar-refractivity contribution in [1.29, 1.82) is 0 Å². The van der Waals surface area contributed by atoms with E-state index in [1.165, 1.54) is 6.07 Å². The lowest BCUT2D eigenvalue weighted by molar-refractivity contribution is 0.00705. The largest absolute Gasteiger partial charge is 0.376 e. The van der Waals surface area contributed by atoms with Crippen molar-refractivity contribution in [3.05, 3.63) is 35.6 Å². The Hall–Kier alpha value is -0.970. The van der Waals surface area contributed by atoms with Crippen LogP contribution < -0.4 is 5.48 Å². The Labute approximate surface area is 93.5 Å². The van der Waals surface area contributed by atoms with Gasteiger partial charge in [-0.3, -0.25) is 0 Å². The number of ether oxygens (including phenoxy) is 1. The molecule has 3 rings (SSSR count). The molecule has 1 unspecified atom stereocenters. The van der Waals surface area contributed by atoms with Crippen molar-refractivity contribution < 1.29 is 14.0 Å². The van der Waals surface area contributed by atoms with Crippen molar-refractivity contribution in [2.45, 2.75) is 18.6 Å². The second-order valence-corrected chi connectivity index (χ2v) is 4.49. The van der Waals surface area contributed by atoms with Crippen molar-refractivity contribution in [3.63, 3.8) is 0 Å². The van der Waals surface area contributed by atoms with Crippen LogP contribution in [0.1, 0.15) is 12.5 Å². The quantitative estimate of drug-likeness (QED) is 0.784. The first-order valence-electron chi connectivity index (χ1n) is 5.49. The number of hydroxylamine groups is 1. The predicted molar refractivity (Wildman–Crippen MR) is 56.1 cm³/mol. The topological polar surface area (TPSA) is 30.5 Å². The molecule has 0 aliphatic carbocycles. The molecule has 0 radical (unpaired) electrons. The average Bonchev–Trinajstić information content (AvgIpc) is 2.82. The molecule has 2 heterocycles. The van der Waals surface area contributed by atoms with E-state index in [1.807, 2.05) is 13.0 Å². The summed E-state index contributed by atoms with van der Waals surface area (Å²) in [6.07, 6.45) is 0.0922. The van der Waals surface area contributed by atoms with Crippen LogP contribution in [0.4, 0.5) is 4.39 Å². The minimum absolute atomic E-state index is 0.0922. The van der Waals surface area contributed by atoms with Gasteiger partial charge in [-0.25, -0.2) is 4.39 Å². The lowest BCUT2D eigenvalue weighted by atomic mass is 9.80. The molecule has 2 aliphatic heterocycles. The number of fused-ring (bicyclic) bond motifs is 1. The predicted octanol–water partition coefficient (Wildman–Crippen LogP) is 1.59. The molecule has 1 aromatic carbocycles. The molecule has 16 heavy (non-hydrogen) atoms. The molecule has 3 atom stereocenters. The third-order valence-corrected chi connectivity index (χ3v) is 3.65. The van der Waals surface area contributed by atoms with E-state index >= 15 is 0 Å². The first kappa shape index (κ1) is 10.2. The summed E-state index contributed by atoms with van der Waals surface area (Å²) in [7, 11) is 0. The summed E-state index contributed by atoms with van der Waals surface area (Å²) in [4.78, 5) is 5.30. The highest BCUT2D eigenvalue weighted by molar-refractivity contribution is 5.30. The lowest BCUT2D eigenvalue weighted by Gasteiger charge is -2.27. The molecule has 0 spiro atoms. The molecule has 1 aromatic rings. The van der Waals surface area contributed by atoms with Crippen LogP contribution >= 0.6 is 0 Å². The maximum absolute atomic E-state index is 13.9. The average molecular weight is 223 g/mol. The number of hydrogen-bond acceptors (Lipinski definition) is 3. The van der Waals surface area contributed by atoms with Gasteiger partial charge in [0.15, 0.2) is 0 Å². The van der Waals surface area contributed by atoms with Gasteiger partial charge in [0.1, 0.15) is 11.4 Å². The molecule has 86 valence electrons. The van der Waals surface area contributed by atoms with E-state index in [0.717, 1.165) is 0 Å². The van der Waals surface area contributed by atoms with E-state index in [2.05, 4.69) is 5.48 Å². The summed E-state index contributed by atoms with van der Waals surface area (Å²) >= 11 is 0. The second-order valence-electron chi connectivity index (χ2n) is 4.49. The minimum atomic E-state index is -0.509. The summed E-state index contributed by atoms with van der Waals surface area (Å²) in [5.41, 5.74) is 3.09. The molecule has 2 aliphatic rings. The third kappa shape index (κ3) is 1.24. The van der Waals surface area contributed by atoms with E-state index in [0.29, 0.717) is 18.8 Å². The summed E-state index contributed by atoms with van der Waals surface area (Å²) in [5.74, 6) is -0.0346.